The molecule has 4 rings (SSSR count). The van der Waals surface area contributed by atoms with Gasteiger partial charge in [-0.2, -0.15) is 8.75 Å². The van der Waals surface area contributed by atoms with Crippen molar-refractivity contribution in [2.45, 2.75) is 0 Å². The maximum Gasteiger partial charge on any atom is 0.255 e. The number of methoxy groups -OCH3 is 1. The van der Waals surface area contributed by atoms with Crippen molar-refractivity contribution in [3.8, 4) is 5.75 Å². The van der Waals surface area contributed by atoms with Gasteiger partial charge in [-0.15, -0.1) is 0 Å². The Labute approximate surface area is 141 Å². The van der Waals surface area contributed by atoms with E-state index in [-0.39, 0.29) is 5.91 Å². The van der Waals surface area contributed by atoms with Crippen molar-refractivity contribution in [1.82, 2.24) is 13.7 Å². The first-order valence-corrected chi connectivity index (χ1v) is 7.94. The Morgan fingerprint density at radius 3 is 2.88 bits per heavy atom. The predicted molar refractivity (Wildman–Crippen MR) is 93.7 cm³/mol. The Balaban J connectivity index is 1.73. The van der Waals surface area contributed by atoms with Crippen LogP contribution in [0.3, 0.4) is 0 Å². The molecule has 7 heteroatoms. The molecule has 2 heterocycles. The van der Waals surface area contributed by atoms with E-state index in [2.05, 4.69) is 19.0 Å². The molecule has 24 heavy (non-hydrogen) atoms. The van der Waals surface area contributed by atoms with Crippen LogP contribution in [0.4, 0.5) is 5.69 Å². The summed E-state index contributed by atoms with van der Waals surface area (Å²) >= 11 is 1.13. The molecule has 1 N–H and O–H groups in total. The van der Waals surface area contributed by atoms with Crippen LogP contribution in [0.1, 0.15) is 10.4 Å². The van der Waals surface area contributed by atoms with Crippen LogP contribution in [0.2, 0.25) is 0 Å². The van der Waals surface area contributed by atoms with E-state index in [1.807, 2.05) is 18.2 Å². The highest BCUT2D eigenvalue weighted by Crippen LogP contribution is 2.28. The molecule has 0 aliphatic heterocycles. The number of carbonyl (C=O) groups excluding carboxylic acids is 1. The standard InChI is InChI=1S/C17H12N4O2S/c1-23-12-7-10-3-2-6-18-16(10)15(9-12)19-17(22)11-4-5-13-14(8-11)21-24-20-13/h2-9H,1H3,(H,19,22). The van der Waals surface area contributed by atoms with Crippen LogP contribution in [0.5, 0.6) is 5.75 Å². The fraction of sp³-hybridized carbons (Fsp3) is 0.0588. The van der Waals surface area contributed by atoms with E-state index in [0.717, 1.165) is 22.6 Å². The summed E-state index contributed by atoms with van der Waals surface area (Å²) in [5.74, 6) is 0.426. The second-order valence-electron chi connectivity index (χ2n) is 5.17. The van der Waals surface area contributed by atoms with Gasteiger partial charge in [0.1, 0.15) is 16.8 Å². The normalized spacial score (nSPS) is 10.9. The van der Waals surface area contributed by atoms with Gasteiger partial charge in [0.2, 0.25) is 0 Å². The largest absolute Gasteiger partial charge is 0.497 e. The van der Waals surface area contributed by atoms with Gasteiger partial charge in [-0.3, -0.25) is 9.78 Å². The molecule has 4 aromatic rings. The molecular formula is C17H12N4O2S. The Morgan fingerprint density at radius 1 is 1.12 bits per heavy atom. The molecular weight excluding hydrogens is 324 g/mol. The van der Waals surface area contributed by atoms with Gasteiger partial charge < -0.3 is 10.1 Å². The predicted octanol–water partition coefficient (Wildman–Crippen LogP) is 3.50. The van der Waals surface area contributed by atoms with Gasteiger partial charge in [0.15, 0.2) is 0 Å². The Kier molecular flexibility index (Phi) is 3.55. The molecule has 0 fully saturated rings. The van der Waals surface area contributed by atoms with Crippen molar-refractivity contribution < 1.29 is 9.53 Å². The Morgan fingerprint density at radius 2 is 2.00 bits per heavy atom. The molecule has 0 spiro atoms. The second-order valence-corrected chi connectivity index (χ2v) is 5.70. The van der Waals surface area contributed by atoms with Crippen LogP contribution in [0.15, 0.2) is 48.7 Å². The molecule has 2 aromatic carbocycles. The van der Waals surface area contributed by atoms with Gasteiger partial charge in [0.25, 0.3) is 5.91 Å². The first-order chi connectivity index (χ1) is 11.7. The van der Waals surface area contributed by atoms with Gasteiger partial charge in [0.05, 0.1) is 30.0 Å². The van der Waals surface area contributed by atoms with E-state index in [4.69, 9.17) is 4.74 Å². The van der Waals surface area contributed by atoms with Crippen LogP contribution in [0, 0.1) is 0 Å². The van der Waals surface area contributed by atoms with Gasteiger partial charge in [-0.25, -0.2) is 0 Å². The number of nitrogens with one attached hydrogen (secondary N) is 1. The van der Waals surface area contributed by atoms with E-state index in [1.54, 1.807) is 37.6 Å². The fourth-order valence-electron chi connectivity index (χ4n) is 2.50. The number of fused-ring (bicyclic) bond motifs is 2. The number of nitrogens with zero attached hydrogens (tertiary/aromatic N) is 3. The van der Waals surface area contributed by atoms with Crippen LogP contribution in [-0.4, -0.2) is 26.7 Å². The average molecular weight is 336 g/mol. The fourth-order valence-corrected chi connectivity index (χ4v) is 3.01. The molecule has 118 valence electrons. The molecule has 6 nitrogen and oxygen atoms in total. The summed E-state index contributed by atoms with van der Waals surface area (Å²) in [6.45, 7) is 0. The minimum atomic E-state index is -0.231. The number of carbonyl (C=O) groups is 1. The first kappa shape index (κ1) is 14.5. The minimum Gasteiger partial charge on any atom is -0.497 e. The van der Waals surface area contributed by atoms with E-state index < -0.39 is 0 Å². The molecule has 1 amide bonds. The molecule has 0 radical (unpaired) electrons. The van der Waals surface area contributed by atoms with Crippen LogP contribution < -0.4 is 10.1 Å². The van der Waals surface area contributed by atoms with Gasteiger partial charge in [-0.05, 0) is 30.3 Å². The lowest BCUT2D eigenvalue weighted by molar-refractivity contribution is 0.102. The average Bonchev–Trinajstić information content (AvgIpc) is 3.09. The summed E-state index contributed by atoms with van der Waals surface area (Å²) in [5.41, 5.74) is 3.32. The van der Waals surface area contributed by atoms with Crippen molar-refractivity contribution >= 4 is 45.3 Å². The summed E-state index contributed by atoms with van der Waals surface area (Å²) < 4.78 is 13.6. The molecule has 0 saturated heterocycles. The number of aromatic nitrogens is 3. The summed E-state index contributed by atoms with van der Waals surface area (Å²) in [7, 11) is 1.59. The third kappa shape index (κ3) is 2.55. The summed E-state index contributed by atoms with van der Waals surface area (Å²) in [4.78, 5) is 17.0. The quantitative estimate of drug-likeness (QED) is 0.619. The van der Waals surface area contributed by atoms with E-state index in [1.165, 1.54) is 0 Å². The van der Waals surface area contributed by atoms with Crippen molar-refractivity contribution in [1.29, 1.82) is 0 Å². The molecule has 2 aromatic heterocycles. The lowest BCUT2D eigenvalue weighted by Crippen LogP contribution is -2.12. The number of ether oxygens (including phenoxy) is 1. The Bertz CT molecular complexity index is 1060. The van der Waals surface area contributed by atoms with Gasteiger partial charge >= 0.3 is 0 Å². The monoisotopic (exact) mass is 336 g/mol. The molecule has 0 atom stereocenters. The van der Waals surface area contributed by atoms with Crippen LogP contribution in [-0.2, 0) is 0 Å². The smallest absolute Gasteiger partial charge is 0.255 e. The Hall–Kier alpha value is -3.06. The summed E-state index contributed by atoms with van der Waals surface area (Å²) in [6, 6.07) is 12.7. The molecule has 0 bridgehead atoms. The molecule has 0 saturated carbocycles. The highest BCUT2D eigenvalue weighted by molar-refractivity contribution is 7.00. The van der Waals surface area contributed by atoms with Crippen molar-refractivity contribution in [2.75, 3.05) is 12.4 Å². The second kappa shape index (κ2) is 5.86. The minimum absolute atomic E-state index is 0.231. The number of amides is 1. The number of anilines is 1. The highest BCUT2D eigenvalue weighted by atomic mass is 32.1. The summed E-state index contributed by atoms with van der Waals surface area (Å²) in [5, 5.41) is 3.80. The number of hydrogen-bond donors (Lipinski definition) is 1. The molecule has 0 aliphatic carbocycles. The maximum absolute atomic E-state index is 12.6. The van der Waals surface area contributed by atoms with Gasteiger partial charge in [-0.1, -0.05) is 6.07 Å². The van der Waals surface area contributed by atoms with Crippen LogP contribution >= 0.6 is 11.7 Å². The summed E-state index contributed by atoms with van der Waals surface area (Å²) in [6.07, 6.45) is 1.69. The van der Waals surface area contributed by atoms with E-state index in [9.17, 15) is 4.79 Å². The lowest BCUT2D eigenvalue weighted by Gasteiger charge is -2.10. The zero-order valence-electron chi connectivity index (χ0n) is 12.7. The topological polar surface area (TPSA) is 77.0 Å². The number of pyridine rings is 1. The third-order valence-corrected chi connectivity index (χ3v) is 4.23. The molecule has 0 unspecified atom stereocenters. The highest BCUT2D eigenvalue weighted by Gasteiger charge is 2.12. The SMILES string of the molecule is COc1cc(NC(=O)c2ccc3nsnc3c2)c2ncccc2c1. The van der Waals surface area contributed by atoms with E-state index >= 15 is 0 Å². The first-order valence-electron chi connectivity index (χ1n) is 7.21. The van der Waals surface area contributed by atoms with Crippen molar-refractivity contribution in [3.05, 3.63) is 54.2 Å². The number of hydrogen-bond acceptors (Lipinski definition) is 6. The van der Waals surface area contributed by atoms with Gasteiger partial charge in [0, 0.05) is 23.2 Å². The number of rotatable bonds is 3. The lowest BCUT2D eigenvalue weighted by atomic mass is 10.1. The maximum atomic E-state index is 12.6. The van der Waals surface area contributed by atoms with Crippen LogP contribution in [0.25, 0.3) is 21.9 Å². The number of benzene rings is 2. The van der Waals surface area contributed by atoms with Crippen molar-refractivity contribution in [2.24, 2.45) is 0 Å². The molecule has 0 aliphatic rings. The zero-order valence-corrected chi connectivity index (χ0v) is 13.5. The zero-order chi connectivity index (χ0) is 16.5. The third-order valence-electron chi connectivity index (χ3n) is 3.68. The van der Waals surface area contributed by atoms with E-state index in [0.29, 0.717) is 28.0 Å². The van der Waals surface area contributed by atoms with Crippen molar-refractivity contribution in [3.63, 3.8) is 0 Å².